The lowest BCUT2D eigenvalue weighted by Crippen LogP contribution is -2.03. The minimum absolute atomic E-state index is 0.113. The van der Waals surface area contributed by atoms with Crippen LogP contribution in [0.3, 0.4) is 0 Å². The molecule has 0 radical (unpaired) electrons. The van der Waals surface area contributed by atoms with Gasteiger partial charge in [-0.25, -0.2) is 9.07 Å². The Balaban J connectivity index is 1.55. The van der Waals surface area contributed by atoms with E-state index in [1.165, 1.54) is 6.07 Å². The zero-order valence-corrected chi connectivity index (χ0v) is 13.0. The SMILES string of the molecule is Fc1ccc(Nc2ncn(-c3ccccc3)n2)cc1C1CCOC1. The van der Waals surface area contributed by atoms with E-state index in [1.807, 2.05) is 36.4 Å². The van der Waals surface area contributed by atoms with Gasteiger partial charge in [0.15, 0.2) is 0 Å². The summed E-state index contributed by atoms with van der Waals surface area (Å²) in [5.74, 6) is 0.388. The number of nitrogens with one attached hydrogen (secondary N) is 1. The van der Waals surface area contributed by atoms with Crippen LogP contribution in [0.4, 0.5) is 16.0 Å². The van der Waals surface area contributed by atoms with Gasteiger partial charge in [0.2, 0.25) is 5.95 Å². The Morgan fingerprint density at radius 1 is 1.17 bits per heavy atom. The standard InChI is InChI=1S/C18H17FN4O/c19-17-7-6-14(10-16(17)13-8-9-24-11-13)21-18-20-12-23(22-18)15-4-2-1-3-5-15/h1-7,10,12-13H,8-9,11H2,(H,21,22). The van der Waals surface area contributed by atoms with Crippen molar-refractivity contribution in [3.8, 4) is 5.69 Å². The maximum atomic E-state index is 14.1. The maximum Gasteiger partial charge on any atom is 0.246 e. The van der Waals surface area contributed by atoms with Crippen LogP contribution in [0.15, 0.2) is 54.9 Å². The number of ether oxygens (including phenoxy) is 1. The third-order valence-corrected chi connectivity index (χ3v) is 4.13. The molecule has 2 aromatic carbocycles. The van der Waals surface area contributed by atoms with Crippen molar-refractivity contribution in [3.05, 3.63) is 66.2 Å². The van der Waals surface area contributed by atoms with Gasteiger partial charge >= 0.3 is 0 Å². The van der Waals surface area contributed by atoms with Gasteiger partial charge in [0, 0.05) is 18.2 Å². The fourth-order valence-electron chi connectivity index (χ4n) is 2.87. The van der Waals surface area contributed by atoms with Gasteiger partial charge in [-0.2, -0.15) is 4.98 Å². The Morgan fingerprint density at radius 3 is 2.83 bits per heavy atom. The highest BCUT2D eigenvalue weighted by Gasteiger charge is 2.21. The summed E-state index contributed by atoms with van der Waals surface area (Å²) in [6.45, 7) is 1.26. The average molecular weight is 324 g/mol. The summed E-state index contributed by atoms with van der Waals surface area (Å²) in [5, 5.41) is 7.54. The van der Waals surface area contributed by atoms with E-state index in [2.05, 4.69) is 15.4 Å². The van der Waals surface area contributed by atoms with Crippen LogP contribution in [-0.4, -0.2) is 28.0 Å². The van der Waals surface area contributed by atoms with Gasteiger partial charge in [0.1, 0.15) is 12.1 Å². The Labute approximate surface area is 139 Å². The largest absolute Gasteiger partial charge is 0.381 e. The average Bonchev–Trinajstić information content (AvgIpc) is 3.29. The van der Waals surface area contributed by atoms with E-state index >= 15 is 0 Å². The van der Waals surface area contributed by atoms with Crippen LogP contribution in [0.5, 0.6) is 0 Å². The highest BCUT2D eigenvalue weighted by molar-refractivity contribution is 5.55. The Morgan fingerprint density at radius 2 is 2.04 bits per heavy atom. The van der Waals surface area contributed by atoms with Crippen molar-refractivity contribution < 1.29 is 9.13 Å². The number of halogens is 1. The van der Waals surface area contributed by atoms with Crippen LogP contribution in [0.2, 0.25) is 0 Å². The number of nitrogens with zero attached hydrogens (tertiary/aromatic N) is 3. The first-order valence-corrected chi connectivity index (χ1v) is 7.91. The van der Waals surface area contributed by atoms with E-state index in [0.717, 1.165) is 17.8 Å². The van der Waals surface area contributed by atoms with Gasteiger partial charge in [-0.3, -0.25) is 0 Å². The van der Waals surface area contributed by atoms with E-state index < -0.39 is 0 Å². The Bertz CT molecular complexity index is 828. The molecule has 24 heavy (non-hydrogen) atoms. The zero-order chi connectivity index (χ0) is 16.4. The van der Waals surface area contributed by atoms with Crippen molar-refractivity contribution in [1.29, 1.82) is 0 Å². The van der Waals surface area contributed by atoms with Crippen LogP contribution in [-0.2, 0) is 4.74 Å². The van der Waals surface area contributed by atoms with Crippen molar-refractivity contribution in [1.82, 2.24) is 14.8 Å². The summed E-state index contributed by atoms with van der Waals surface area (Å²) in [5.41, 5.74) is 2.38. The van der Waals surface area contributed by atoms with Gasteiger partial charge in [-0.05, 0) is 42.3 Å². The lowest BCUT2D eigenvalue weighted by atomic mass is 9.97. The molecule has 1 atom stereocenters. The van der Waals surface area contributed by atoms with Crippen LogP contribution in [0.25, 0.3) is 5.69 Å². The van der Waals surface area contributed by atoms with E-state index in [9.17, 15) is 4.39 Å². The molecule has 2 heterocycles. The molecule has 1 aliphatic rings. The van der Waals surface area contributed by atoms with E-state index in [4.69, 9.17) is 4.74 Å². The highest BCUT2D eigenvalue weighted by Crippen LogP contribution is 2.30. The summed E-state index contributed by atoms with van der Waals surface area (Å²) >= 11 is 0. The van der Waals surface area contributed by atoms with Crippen LogP contribution < -0.4 is 5.32 Å². The molecule has 0 spiro atoms. The summed E-state index contributed by atoms with van der Waals surface area (Å²) in [6, 6.07) is 14.7. The number of hydrogen-bond donors (Lipinski definition) is 1. The summed E-state index contributed by atoms with van der Waals surface area (Å²) < 4.78 is 21.1. The highest BCUT2D eigenvalue weighted by atomic mass is 19.1. The lowest BCUT2D eigenvalue weighted by Gasteiger charge is -2.11. The van der Waals surface area contributed by atoms with E-state index in [0.29, 0.717) is 24.7 Å². The second kappa shape index (κ2) is 6.41. The van der Waals surface area contributed by atoms with Gasteiger partial charge in [-0.15, -0.1) is 5.10 Å². The predicted molar refractivity (Wildman–Crippen MR) is 89.2 cm³/mol. The van der Waals surface area contributed by atoms with E-state index in [-0.39, 0.29) is 11.7 Å². The molecule has 3 aromatic rings. The van der Waals surface area contributed by atoms with Crippen molar-refractivity contribution in [2.24, 2.45) is 0 Å². The minimum atomic E-state index is -0.196. The number of para-hydroxylation sites is 1. The monoisotopic (exact) mass is 324 g/mol. The molecule has 4 rings (SSSR count). The number of anilines is 2. The molecule has 1 aliphatic heterocycles. The molecular formula is C18H17FN4O. The molecule has 1 fully saturated rings. The number of hydrogen-bond acceptors (Lipinski definition) is 4. The zero-order valence-electron chi connectivity index (χ0n) is 13.0. The van der Waals surface area contributed by atoms with Crippen molar-refractivity contribution >= 4 is 11.6 Å². The fourth-order valence-corrected chi connectivity index (χ4v) is 2.87. The quantitative estimate of drug-likeness (QED) is 0.796. The van der Waals surface area contributed by atoms with Crippen molar-refractivity contribution in [2.75, 3.05) is 18.5 Å². The van der Waals surface area contributed by atoms with Crippen LogP contribution >= 0.6 is 0 Å². The molecule has 0 bridgehead atoms. The fraction of sp³-hybridized carbons (Fsp3) is 0.222. The molecule has 1 unspecified atom stereocenters. The smallest absolute Gasteiger partial charge is 0.246 e. The molecular weight excluding hydrogens is 307 g/mol. The Kier molecular flexibility index (Phi) is 3.96. The van der Waals surface area contributed by atoms with Gasteiger partial charge in [-0.1, -0.05) is 18.2 Å². The summed E-state index contributed by atoms with van der Waals surface area (Å²) in [7, 11) is 0. The first-order chi connectivity index (χ1) is 11.8. The summed E-state index contributed by atoms with van der Waals surface area (Å²) in [6.07, 6.45) is 2.49. The minimum Gasteiger partial charge on any atom is -0.381 e. The first-order valence-electron chi connectivity index (χ1n) is 7.91. The molecule has 1 N–H and O–H groups in total. The normalized spacial score (nSPS) is 17.1. The third-order valence-electron chi connectivity index (χ3n) is 4.13. The second-order valence-electron chi connectivity index (χ2n) is 5.77. The molecule has 5 nitrogen and oxygen atoms in total. The van der Waals surface area contributed by atoms with Gasteiger partial charge in [0.25, 0.3) is 0 Å². The molecule has 1 saturated heterocycles. The Hall–Kier alpha value is -2.73. The molecule has 0 amide bonds. The van der Waals surface area contributed by atoms with Gasteiger partial charge in [0.05, 0.1) is 12.3 Å². The predicted octanol–water partition coefficient (Wildman–Crippen LogP) is 3.65. The maximum absolute atomic E-state index is 14.1. The van der Waals surface area contributed by atoms with E-state index in [1.54, 1.807) is 17.1 Å². The lowest BCUT2D eigenvalue weighted by molar-refractivity contribution is 0.193. The number of benzene rings is 2. The molecule has 6 heteroatoms. The van der Waals surface area contributed by atoms with Crippen LogP contribution in [0, 0.1) is 5.82 Å². The topological polar surface area (TPSA) is 52.0 Å². The van der Waals surface area contributed by atoms with Gasteiger partial charge < -0.3 is 10.1 Å². The van der Waals surface area contributed by atoms with Crippen LogP contribution in [0.1, 0.15) is 17.9 Å². The van der Waals surface area contributed by atoms with Crippen molar-refractivity contribution in [2.45, 2.75) is 12.3 Å². The number of rotatable bonds is 4. The molecule has 1 aromatic heterocycles. The second-order valence-corrected chi connectivity index (χ2v) is 5.77. The first kappa shape index (κ1) is 14.8. The number of aromatic nitrogens is 3. The summed E-state index contributed by atoms with van der Waals surface area (Å²) in [4.78, 5) is 4.26. The molecule has 122 valence electrons. The van der Waals surface area contributed by atoms with Crippen molar-refractivity contribution in [3.63, 3.8) is 0 Å². The molecule has 0 saturated carbocycles. The third kappa shape index (κ3) is 3.00. The molecule has 0 aliphatic carbocycles.